The SMILES string of the molecule is CN(CCc1ccc[nH]1)c1nc2ccccc2[nH]1. The molecule has 0 aliphatic rings. The number of rotatable bonds is 4. The predicted molar refractivity (Wildman–Crippen MR) is 73.9 cm³/mol. The Morgan fingerprint density at radius 2 is 2.06 bits per heavy atom. The summed E-state index contributed by atoms with van der Waals surface area (Å²) < 4.78 is 0. The Bertz CT molecular complexity index is 591. The molecule has 0 radical (unpaired) electrons. The quantitative estimate of drug-likeness (QED) is 0.736. The number of anilines is 1. The number of hydrogen-bond donors (Lipinski definition) is 2. The van der Waals surface area contributed by atoms with Gasteiger partial charge in [0.2, 0.25) is 5.95 Å². The summed E-state index contributed by atoms with van der Waals surface area (Å²) in [7, 11) is 2.06. The van der Waals surface area contributed by atoms with Crippen molar-refractivity contribution in [1.82, 2.24) is 15.0 Å². The van der Waals surface area contributed by atoms with Crippen molar-refractivity contribution in [3.05, 3.63) is 48.3 Å². The number of aromatic nitrogens is 3. The van der Waals surface area contributed by atoms with Crippen molar-refractivity contribution in [2.45, 2.75) is 6.42 Å². The van der Waals surface area contributed by atoms with Crippen LogP contribution >= 0.6 is 0 Å². The first-order valence-electron chi connectivity index (χ1n) is 6.11. The van der Waals surface area contributed by atoms with Gasteiger partial charge < -0.3 is 14.9 Å². The fraction of sp³-hybridized carbons (Fsp3) is 0.214. The molecular formula is C14H16N4. The minimum absolute atomic E-state index is 0.919. The van der Waals surface area contributed by atoms with Crippen LogP contribution < -0.4 is 4.90 Å². The van der Waals surface area contributed by atoms with Crippen LogP contribution in [-0.2, 0) is 6.42 Å². The number of likely N-dealkylation sites (N-methyl/N-ethyl adjacent to an activating group) is 1. The molecule has 0 amide bonds. The molecule has 2 aromatic heterocycles. The Hall–Kier alpha value is -2.23. The number of imidazole rings is 1. The van der Waals surface area contributed by atoms with E-state index in [0.717, 1.165) is 29.9 Å². The number of nitrogens with zero attached hydrogens (tertiary/aromatic N) is 2. The summed E-state index contributed by atoms with van der Waals surface area (Å²) >= 11 is 0. The second-order valence-electron chi connectivity index (χ2n) is 4.44. The van der Waals surface area contributed by atoms with E-state index in [2.05, 4.69) is 33.0 Å². The van der Waals surface area contributed by atoms with Crippen molar-refractivity contribution in [3.8, 4) is 0 Å². The Labute approximate surface area is 106 Å². The lowest BCUT2D eigenvalue weighted by molar-refractivity contribution is 0.836. The molecule has 4 nitrogen and oxygen atoms in total. The van der Waals surface area contributed by atoms with E-state index in [4.69, 9.17) is 0 Å². The van der Waals surface area contributed by atoms with Crippen LogP contribution in [0.3, 0.4) is 0 Å². The fourth-order valence-electron chi connectivity index (χ4n) is 2.04. The van der Waals surface area contributed by atoms with E-state index in [1.165, 1.54) is 5.69 Å². The summed E-state index contributed by atoms with van der Waals surface area (Å²) in [5.74, 6) is 0.919. The molecule has 2 heterocycles. The maximum absolute atomic E-state index is 4.57. The van der Waals surface area contributed by atoms with E-state index >= 15 is 0 Å². The van der Waals surface area contributed by atoms with Crippen LogP contribution in [0.5, 0.6) is 0 Å². The highest BCUT2D eigenvalue weighted by molar-refractivity contribution is 5.77. The monoisotopic (exact) mass is 240 g/mol. The van der Waals surface area contributed by atoms with Gasteiger partial charge >= 0.3 is 0 Å². The van der Waals surface area contributed by atoms with Crippen molar-refractivity contribution in [2.75, 3.05) is 18.5 Å². The van der Waals surface area contributed by atoms with E-state index in [1.54, 1.807) is 0 Å². The molecule has 0 spiro atoms. The zero-order valence-electron chi connectivity index (χ0n) is 10.4. The molecule has 18 heavy (non-hydrogen) atoms. The molecule has 0 atom stereocenters. The first kappa shape index (κ1) is 10.9. The third-order valence-electron chi connectivity index (χ3n) is 3.12. The van der Waals surface area contributed by atoms with Gasteiger partial charge in [0, 0.05) is 31.9 Å². The number of nitrogens with one attached hydrogen (secondary N) is 2. The molecule has 0 saturated heterocycles. The topological polar surface area (TPSA) is 47.7 Å². The molecule has 0 aliphatic carbocycles. The highest BCUT2D eigenvalue weighted by Crippen LogP contribution is 2.16. The first-order valence-corrected chi connectivity index (χ1v) is 6.11. The maximum Gasteiger partial charge on any atom is 0.203 e. The summed E-state index contributed by atoms with van der Waals surface area (Å²) in [5.41, 5.74) is 3.34. The molecule has 3 aromatic rings. The summed E-state index contributed by atoms with van der Waals surface area (Å²) in [4.78, 5) is 13.3. The normalized spacial score (nSPS) is 10.9. The van der Waals surface area contributed by atoms with Crippen molar-refractivity contribution >= 4 is 17.0 Å². The minimum Gasteiger partial charge on any atom is -0.365 e. The number of aromatic amines is 2. The van der Waals surface area contributed by atoms with E-state index in [1.807, 2.05) is 36.5 Å². The summed E-state index contributed by atoms with van der Waals surface area (Å²) in [5, 5.41) is 0. The summed E-state index contributed by atoms with van der Waals surface area (Å²) in [6, 6.07) is 12.2. The standard InChI is InChI=1S/C14H16N4/c1-18(10-8-11-5-4-9-15-11)14-16-12-6-2-3-7-13(12)17-14/h2-7,9,15H,8,10H2,1H3,(H,16,17). The van der Waals surface area contributed by atoms with Gasteiger partial charge in [0.1, 0.15) is 0 Å². The third kappa shape index (κ3) is 2.09. The largest absolute Gasteiger partial charge is 0.365 e. The van der Waals surface area contributed by atoms with Gasteiger partial charge in [-0.1, -0.05) is 12.1 Å². The number of benzene rings is 1. The van der Waals surface area contributed by atoms with Crippen molar-refractivity contribution in [2.24, 2.45) is 0 Å². The zero-order chi connectivity index (χ0) is 12.4. The van der Waals surface area contributed by atoms with Crippen LogP contribution in [-0.4, -0.2) is 28.5 Å². The number of fused-ring (bicyclic) bond motifs is 1. The Morgan fingerprint density at radius 1 is 1.17 bits per heavy atom. The lowest BCUT2D eigenvalue weighted by Crippen LogP contribution is -2.21. The maximum atomic E-state index is 4.57. The molecule has 0 unspecified atom stereocenters. The molecule has 2 N–H and O–H groups in total. The molecule has 92 valence electrons. The van der Waals surface area contributed by atoms with E-state index in [0.29, 0.717) is 0 Å². The second-order valence-corrected chi connectivity index (χ2v) is 4.44. The number of hydrogen-bond acceptors (Lipinski definition) is 2. The molecule has 0 fully saturated rings. The van der Waals surface area contributed by atoms with Crippen LogP contribution in [0.2, 0.25) is 0 Å². The van der Waals surface area contributed by atoms with Gasteiger partial charge in [0.25, 0.3) is 0 Å². The predicted octanol–water partition coefficient (Wildman–Crippen LogP) is 2.57. The molecule has 0 saturated carbocycles. The third-order valence-corrected chi connectivity index (χ3v) is 3.12. The first-order chi connectivity index (χ1) is 8.83. The Kier molecular flexibility index (Phi) is 2.76. The summed E-state index contributed by atoms with van der Waals surface area (Å²) in [6.07, 6.45) is 2.94. The smallest absolute Gasteiger partial charge is 0.203 e. The highest BCUT2D eigenvalue weighted by Gasteiger charge is 2.07. The van der Waals surface area contributed by atoms with E-state index < -0.39 is 0 Å². The van der Waals surface area contributed by atoms with Crippen LogP contribution in [0.25, 0.3) is 11.0 Å². The second kappa shape index (κ2) is 4.56. The lowest BCUT2D eigenvalue weighted by atomic mass is 10.3. The molecule has 0 aliphatic heterocycles. The van der Waals surface area contributed by atoms with Gasteiger partial charge in [-0.2, -0.15) is 0 Å². The van der Waals surface area contributed by atoms with Gasteiger partial charge in [0.05, 0.1) is 11.0 Å². The molecule has 4 heteroatoms. The molecular weight excluding hydrogens is 224 g/mol. The van der Waals surface area contributed by atoms with Crippen LogP contribution in [0.4, 0.5) is 5.95 Å². The van der Waals surface area contributed by atoms with E-state index in [-0.39, 0.29) is 0 Å². The number of H-pyrrole nitrogens is 2. The van der Waals surface area contributed by atoms with Crippen molar-refractivity contribution < 1.29 is 0 Å². The van der Waals surface area contributed by atoms with Gasteiger partial charge in [-0.25, -0.2) is 4.98 Å². The average molecular weight is 240 g/mol. The van der Waals surface area contributed by atoms with Gasteiger partial charge in [-0.3, -0.25) is 0 Å². The molecule has 3 rings (SSSR count). The van der Waals surface area contributed by atoms with Crippen LogP contribution in [0.15, 0.2) is 42.6 Å². The van der Waals surface area contributed by atoms with Crippen LogP contribution in [0, 0.1) is 0 Å². The Balaban J connectivity index is 1.73. The average Bonchev–Trinajstić information content (AvgIpc) is 3.04. The van der Waals surface area contributed by atoms with E-state index in [9.17, 15) is 0 Å². The van der Waals surface area contributed by atoms with Crippen molar-refractivity contribution in [1.29, 1.82) is 0 Å². The van der Waals surface area contributed by atoms with Gasteiger partial charge in [-0.05, 0) is 24.3 Å². The van der Waals surface area contributed by atoms with Gasteiger partial charge in [-0.15, -0.1) is 0 Å². The number of para-hydroxylation sites is 2. The molecule has 1 aromatic carbocycles. The lowest BCUT2D eigenvalue weighted by Gasteiger charge is -2.14. The van der Waals surface area contributed by atoms with Gasteiger partial charge in [0.15, 0.2) is 0 Å². The fourth-order valence-corrected chi connectivity index (χ4v) is 2.04. The Morgan fingerprint density at radius 3 is 2.83 bits per heavy atom. The van der Waals surface area contributed by atoms with Crippen molar-refractivity contribution in [3.63, 3.8) is 0 Å². The molecule has 0 bridgehead atoms. The van der Waals surface area contributed by atoms with Crippen LogP contribution in [0.1, 0.15) is 5.69 Å². The zero-order valence-corrected chi connectivity index (χ0v) is 10.4. The minimum atomic E-state index is 0.919. The highest BCUT2D eigenvalue weighted by atomic mass is 15.2. The summed E-state index contributed by atoms with van der Waals surface area (Å²) in [6.45, 7) is 0.931.